The number of nitrogens with two attached hydrogens (primary N) is 4. The van der Waals surface area contributed by atoms with Gasteiger partial charge in [0.15, 0.2) is 43.9 Å². The molecule has 16 rings (SSSR count). The zero-order chi connectivity index (χ0) is 89.8. The summed E-state index contributed by atoms with van der Waals surface area (Å²) >= 11 is 25.4. The number of aromatic nitrogens is 12. The summed E-state index contributed by atoms with van der Waals surface area (Å²) in [5.41, 5.74) is 32.9. The number of nitrogens with zero attached hydrogens (tertiary/aromatic N) is 12. The maximum atomic E-state index is 15.4. The summed E-state index contributed by atoms with van der Waals surface area (Å²) in [4.78, 5) is 81.9. The average Bonchev–Trinajstić information content (AvgIpc) is 1.58. The number of ether oxygens (including phenoxy) is 4. The molecule has 0 aliphatic carbocycles. The molecule has 4 unspecified atom stereocenters. The monoisotopic (exact) mass is 1780 g/mol. The highest BCUT2D eigenvalue weighted by Crippen LogP contribution is 2.49. The molecule has 4 aromatic carbocycles. The van der Waals surface area contributed by atoms with Gasteiger partial charge in [0.1, 0.15) is 91.6 Å². The molecule has 0 radical (unpaired) electrons. The highest BCUT2D eigenvalue weighted by atomic mass is 35.5. The Hall–Kier alpha value is -11.5. The van der Waals surface area contributed by atoms with Crippen molar-refractivity contribution in [1.82, 2.24) is 78.7 Å². The van der Waals surface area contributed by atoms with Crippen molar-refractivity contribution in [2.45, 2.75) is 208 Å². The van der Waals surface area contributed by atoms with Crippen molar-refractivity contribution >= 4 is 115 Å². The first-order chi connectivity index (χ1) is 58.7. The van der Waals surface area contributed by atoms with E-state index in [4.69, 9.17) is 88.3 Å². The Labute approximate surface area is 733 Å². The molecule has 0 spiro atoms. The van der Waals surface area contributed by atoms with Gasteiger partial charge in [0.25, 0.3) is 0 Å². The summed E-state index contributed by atoms with van der Waals surface area (Å²) < 4.78 is 93.3. The minimum Gasteiger partial charge on any atom is -0.490 e. The van der Waals surface area contributed by atoms with Crippen molar-refractivity contribution in [2.24, 2.45) is 0 Å². The van der Waals surface area contributed by atoms with E-state index in [1.807, 2.05) is 83.1 Å². The first-order valence-electron chi connectivity index (χ1n) is 40.9. The molecule has 124 heavy (non-hydrogen) atoms. The molecule has 4 saturated heterocycles. The summed E-state index contributed by atoms with van der Waals surface area (Å²) in [6.07, 6.45) is 13.5. The van der Waals surface area contributed by atoms with Gasteiger partial charge < -0.3 is 63.1 Å². The Bertz CT molecular complexity index is 5440. The lowest BCUT2D eigenvalue weighted by Crippen LogP contribution is -2.17. The second kappa shape index (κ2) is 36.8. The molecule has 12 heterocycles. The standard InChI is InChI=1S/4C22H25ClFN5O2/c4*1-10(2)31-19-14(7-11(3)17(24)16(19)13-8-15(30)27-9-13)12(4)22-28-20(23)18-21(25)26-5-6-29(18)22/h4*5-7,10,12-13H,8-9H2,1-4H3,(H2,25,26)(H,27,30)/t4*12-,13?/m1100/s1. The Morgan fingerprint density at radius 2 is 0.532 bits per heavy atom. The first kappa shape index (κ1) is 90.3. The first-order valence-corrected chi connectivity index (χ1v) is 42.4. The molecule has 4 aliphatic rings. The lowest BCUT2D eigenvalue weighted by Gasteiger charge is -2.25. The van der Waals surface area contributed by atoms with E-state index in [-0.39, 0.29) is 188 Å². The third-order valence-electron chi connectivity index (χ3n) is 22.5. The van der Waals surface area contributed by atoms with Gasteiger partial charge in [-0.2, -0.15) is 0 Å². The predicted octanol–water partition coefficient (Wildman–Crippen LogP) is 15.8. The van der Waals surface area contributed by atoms with Gasteiger partial charge in [0.05, 0.1) is 24.4 Å². The van der Waals surface area contributed by atoms with Gasteiger partial charge in [-0.25, -0.2) is 57.4 Å². The molecule has 0 bridgehead atoms. The average molecular weight is 1780 g/mol. The van der Waals surface area contributed by atoms with Crippen LogP contribution in [0.1, 0.15) is 246 Å². The van der Waals surface area contributed by atoms with Crippen molar-refractivity contribution in [3.63, 3.8) is 0 Å². The lowest BCUT2D eigenvalue weighted by molar-refractivity contribution is -0.120. The SMILES string of the molecule is Cc1cc([C@@H](C)c2nc(Cl)c3c(N)nccn23)c(OC(C)C)c(C2CNC(=O)C2)c1F.Cc1cc([C@@H](C)c2nc(Cl)c3c(N)nccn23)c(OC(C)C)c(C2CNC(=O)C2)c1F.Cc1cc([C@H](C)c2nc(Cl)c3c(N)nccn23)c(OC(C)C)c(C2CNC(=O)C2)c1F.Cc1cc([C@H](C)c2nc(Cl)c3c(N)nccn23)c(OC(C)C)c(C2CNC(=O)C2)c1F. The van der Waals surface area contributed by atoms with Crippen LogP contribution in [0, 0.1) is 51.0 Å². The fourth-order valence-corrected chi connectivity index (χ4v) is 17.8. The van der Waals surface area contributed by atoms with E-state index in [1.54, 1.807) is 119 Å². The predicted molar refractivity (Wildman–Crippen MR) is 469 cm³/mol. The quantitative estimate of drug-likeness (QED) is 0.0329. The number of amides is 4. The van der Waals surface area contributed by atoms with Crippen LogP contribution in [0.5, 0.6) is 23.0 Å². The molecule has 0 saturated carbocycles. The molecule has 12 aromatic rings. The van der Waals surface area contributed by atoms with Crippen molar-refractivity contribution in [2.75, 3.05) is 49.1 Å². The van der Waals surface area contributed by atoms with E-state index in [9.17, 15) is 19.2 Å². The van der Waals surface area contributed by atoms with E-state index in [1.165, 1.54) is 0 Å². The Morgan fingerprint density at radius 1 is 0.347 bits per heavy atom. The number of aryl methyl sites for hydroxylation is 4. The van der Waals surface area contributed by atoms with Crippen molar-refractivity contribution in [3.05, 3.63) is 208 Å². The van der Waals surface area contributed by atoms with E-state index in [0.29, 0.717) is 139 Å². The largest absolute Gasteiger partial charge is 0.490 e. The molecule has 36 heteroatoms. The van der Waals surface area contributed by atoms with Crippen LogP contribution in [0.25, 0.3) is 22.1 Å². The number of imidazole rings is 4. The van der Waals surface area contributed by atoms with Crippen molar-refractivity contribution < 1.29 is 55.7 Å². The van der Waals surface area contributed by atoms with Gasteiger partial charge in [0.2, 0.25) is 23.6 Å². The minimum absolute atomic E-state index is 0.0926. The maximum absolute atomic E-state index is 15.4. The van der Waals surface area contributed by atoms with Crippen LogP contribution in [-0.2, 0) is 19.2 Å². The number of hydrogen-bond acceptors (Lipinski definition) is 20. The van der Waals surface area contributed by atoms with E-state index >= 15 is 17.6 Å². The molecule has 12 N–H and O–H groups in total. The Morgan fingerprint density at radius 3 is 0.694 bits per heavy atom. The van der Waals surface area contributed by atoms with Crippen LogP contribution in [0.3, 0.4) is 0 Å². The zero-order valence-corrected chi connectivity index (χ0v) is 74.5. The van der Waals surface area contributed by atoms with Crippen molar-refractivity contribution in [3.8, 4) is 23.0 Å². The van der Waals surface area contributed by atoms with Gasteiger partial charge >= 0.3 is 0 Å². The number of halogens is 8. The van der Waals surface area contributed by atoms with Gasteiger partial charge in [0, 0.05) is 193 Å². The van der Waals surface area contributed by atoms with Gasteiger partial charge in [-0.15, -0.1) is 0 Å². The Kier molecular flexibility index (Phi) is 26.7. The number of nitrogens with one attached hydrogen (secondary N) is 4. The lowest BCUT2D eigenvalue weighted by atomic mass is 9.88. The van der Waals surface area contributed by atoms with E-state index in [2.05, 4.69) is 61.1 Å². The molecule has 656 valence electrons. The Balaban J connectivity index is 0.000000142. The summed E-state index contributed by atoms with van der Waals surface area (Å²) in [7, 11) is 0. The normalized spacial score (nSPS) is 17.4. The summed E-state index contributed by atoms with van der Waals surface area (Å²) in [6.45, 7) is 31.4. The number of fused-ring (bicyclic) bond motifs is 4. The maximum Gasteiger partial charge on any atom is 0.220 e. The minimum atomic E-state index is -0.340. The highest BCUT2D eigenvalue weighted by Gasteiger charge is 2.40. The number of anilines is 4. The third kappa shape index (κ3) is 17.8. The number of benzene rings is 4. The summed E-state index contributed by atoms with van der Waals surface area (Å²) in [5.74, 6) is 1.42. The number of carbonyl (C=O) groups excluding carboxylic acids is 4. The second-order valence-corrected chi connectivity index (χ2v) is 34.3. The molecular formula is C88H100Cl4F4N20O8. The fourth-order valence-electron chi connectivity index (χ4n) is 16.7. The van der Waals surface area contributed by atoms with E-state index < -0.39 is 0 Å². The second-order valence-electron chi connectivity index (χ2n) is 32.9. The molecule has 4 fully saturated rings. The summed E-state index contributed by atoms with van der Waals surface area (Å²) in [5, 5.41) is 12.2. The summed E-state index contributed by atoms with van der Waals surface area (Å²) in [6, 6.07) is 7.13. The van der Waals surface area contributed by atoms with Crippen LogP contribution in [0.4, 0.5) is 40.8 Å². The van der Waals surface area contributed by atoms with E-state index in [0.717, 1.165) is 22.3 Å². The molecule has 8 atom stereocenters. The fraction of sp³-hybridized carbons (Fsp3) is 0.409. The third-order valence-corrected chi connectivity index (χ3v) is 23.5. The molecule has 28 nitrogen and oxygen atoms in total. The zero-order valence-electron chi connectivity index (χ0n) is 71.5. The van der Waals surface area contributed by atoms with Crippen LogP contribution < -0.4 is 63.1 Å². The molecule has 4 amide bonds. The van der Waals surface area contributed by atoms with Gasteiger partial charge in [-0.3, -0.25) is 36.8 Å². The van der Waals surface area contributed by atoms with Gasteiger partial charge in [-0.05, 0) is 130 Å². The van der Waals surface area contributed by atoms with Crippen LogP contribution >= 0.6 is 46.4 Å². The van der Waals surface area contributed by atoms with Crippen LogP contribution in [0.15, 0.2) is 73.8 Å². The smallest absolute Gasteiger partial charge is 0.220 e. The van der Waals surface area contributed by atoms with Gasteiger partial charge in [-0.1, -0.05) is 74.1 Å². The number of carbonyl (C=O) groups is 4. The highest BCUT2D eigenvalue weighted by molar-refractivity contribution is 6.34. The van der Waals surface area contributed by atoms with Crippen molar-refractivity contribution in [1.29, 1.82) is 0 Å². The molecular weight excluding hydrogens is 1680 g/mol. The number of hydrogen-bond donors (Lipinski definition) is 8. The van der Waals surface area contributed by atoms with Crippen LogP contribution in [0.2, 0.25) is 20.6 Å². The van der Waals surface area contributed by atoms with Crippen LogP contribution in [-0.4, -0.2) is 132 Å². The number of nitrogen functional groups attached to an aromatic ring is 4. The topological polar surface area (TPSA) is 378 Å². The molecule has 8 aromatic heterocycles. The molecule has 4 aliphatic heterocycles. The number of rotatable bonds is 20.